The van der Waals surface area contributed by atoms with Crippen molar-refractivity contribution in [2.75, 3.05) is 26.2 Å². The van der Waals surface area contributed by atoms with Gasteiger partial charge in [0.15, 0.2) is 0 Å². The molecule has 5 heteroatoms. The molecule has 0 N–H and O–H groups in total. The van der Waals surface area contributed by atoms with Gasteiger partial charge >= 0.3 is 0 Å². The van der Waals surface area contributed by atoms with E-state index in [4.69, 9.17) is 4.98 Å². The molecule has 0 spiro atoms. The maximum atomic E-state index is 12.8. The summed E-state index contributed by atoms with van der Waals surface area (Å²) in [6.45, 7) is 5.66. The molecule has 134 valence electrons. The Morgan fingerprint density at radius 1 is 1.20 bits per heavy atom. The summed E-state index contributed by atoms with van der Waals surface area (Å²) in [7, 11) is 0. The fourth-order valence-corrected chi connectivity index (χ4v) is 5.23. The highest BCUT2D eigenvalue weighted by atomic mass is 32.1. The number of benzene rings is 1. The first-order valence-electron chi connectivity index (χ1n) is 9.58. The van der Waals surface area contributed by atoms with Crippen molar-refractivity contribution in [1.29, 1.82) is 0 Å². The lowest BCUT2D eigenvalue weighted by Gasteiger charge is -2.37. The van der Waals surface area contributed by atoms with Gasteiger partial charge in [-0.05, 0) is 51.3 Å². The molecule has 0 bridgehead atoms. The SMILES string of the molecule is C[C@@H]1CCCCN1CC(=O)N1CCC[C@H](c2nc3ccccc3s2)C1. The number of carbonyl (C=O) groups excluding carboxylic acids is 1. The summed E-state index contributed by atoms with van der Waals surface area (Å²) in [5.74, 6) is 0.702. The van der Waals surface area contributed by atoms with E-state index in [-0.39, 0.29) is 0 Å². The molecule has 0 radical (unpaired) electrons. The first kappa shape index (κ1) is 17.0. The summed E-state index contributed by atoms with van der Waals surface area (Å²) >= 11 is 1.79. The Morgan fingerprint density at radius 3 is 2.92 bits per heavy atom. The van der Waals surface area contributed by atoms with Gasteiger partial charge in [0.25, 0.3) is 0 Å². The topological polar surface area (TPSA) is 36.4 Å². The predicted molar refractivity (Wildman–Crippen MR) is 103 cm³/mol. The third-order valence-corrected chi connectivity index (χ3v) is 6.91. The van der Waals surface area contributed by atoms with Crippen LogP contribution in [0.15, 0.2) is 24.3 Å². The molecule has 2 aliphatic heterocycles. The van der Waals surface area contributed by atoms with Crippen LogP contribution in [0, 0.1) is 0 Å². The number of nitrogens with zero attached hydrogens (tertiary/aromatic N) is 3. The summed E-state index contributed by atoms with van der Waals surface area (Å²) < 4.78 is 1.25. The van der Waals surface area contributed by atoms with Crippen LogP contribution in [0.3, 0.4) is 0 Å². The number of likely N-dealkylation sites (tertiary alicyclic amines) is 2. The zero-order valence-electron chi connectivity index (χ0n) is 15.0. The summed E-state index contributed by atoms with van der Waals surface area (Å²) in [4.78, 5) is 22.1. The molecule has 0 aliphatic carbocycles. The van der Waals surface area contributed by atoms with E-state index in [0.29, 0.717) is 24.4 Å². The van der Waals surface area contributed by atoms with E-state index >= 15 is 0 Å². The maximum absolute atomic E-state index is 12.8. The van der Waals surface area contributed by atoms with Gasteiger partial charge in [0.05, 0.1) is 21.8 Å². The largest absolute Gasteiger partial charge is 0.341 e. The van der Waals surface area contributed by atoms with E-state index in [1.54, 1.807) is 11.3 Å². The standard InChI is InChI=1S/C20H27N3OS/c1-15-7-4-5-11-22(15)14-19(24)23-12-6-8-16(13-23)20-21-17-9-2-3-10-18(17)25-20/h2-3,9-10,15-16H,4-8,11-14H2,1H3/t15-,16+/m1/s1. The average Bonchev–Trinajstić information content (AvgIpc) is 3.08. The van der Waals surface area contributed by atoms with Crippen LogP contribution in [-0.4, -0.2) is 52.9 Å². The average molecular weight is 358 g/mol. The molecule has 2 fully saturated rings. The van der Waals surface area contributed by atoms with Gasteiger partial charge in [-0.25, -0.2) is 4.98 Å². The van der Waals surface area contributed by atoms with Crippen molar-refractivity contribution >= 4 is 27.5 Å². The Morgan fingerprint density at radius 2 is 2.08 bits per heavy atom. The number of rotatable bonds is 3. The predicted octanol–water partition coefficient (Wildman–Crippen LogP) is 3.88. The van der Waals surface area contributed by atoms with Crippen LogP contribution in [0.4, 0.5) is 0 Å². The molecule has 1 aromatic heterocycles. The van der Waals surface area contributed by atoms with Crippen molar-refractivity contribution in [2.45, 2.75) is 51.0 Å². The van der Waals surface area contributed by atoms with Gasteiger partial charge in [0, 0.05) is 25.0 Å². The van der Waals surface area contributed by atoms with Crippen LogP contribution >= 0.6 is 11.3 Å². The Balaban J connectivity index is 1.42. The zero-order valence-corrected chi connectivity index (χ0v) is 15.8. The number of amides is 1. The number of hydrogen-bond acceptors (Lipinski definition) is 4. The number of thiazole rings is 1. The number of fused-ring (bicyclic) bond motifs is 1. The summed E-state index contributed by atoms with van der Waals surface area (Å²) in [5.41, 5.74) is 1.09. The normalized spacial score (nSPS) is 25.4. The first-order valence-corrected chi connectivity index (χ1v) is 10.4. The second-order valence-electron chi connectivity index (χ2n) is 7.51. The monoisotopic (exact) mass is 357 g/mol. The third kappa shape index (κ3) is 3.72. The second-order valence-corrected chi connectivity index (χ2v) is 8.58. The molecule has 2 atom stereocenters. The van der Waals surface area contributed by atoms with Crippen LogP contribution in [0.5, 0.6) is 0 Å². The fraction of sp³-hybridized carbons (Fsp3) is 0.600. The van der Waals surface area contributed by atoms with Crippen molar-refractivity contribution in [1.82, 2.24) is 14.8 Å². The molecule has 1 amide bonds. The van der Waals surface area contributed by atoms with E-state index < -0.39 is 0 Å². The maximum Gasteiger partial charge on any atom is 0.236 e. The highest BCUT2D eigenvalue weighted by Gasteiger charge is 2.29. The minimum atomic E-state index is 0.305. The third-order valence-electron chi connectivity index (χ3n) is 5.71. The van der Waals surface area contributed by atoms with Crippen LogP contribution in [0.1, 0.15) is 50.0 Å². The quantitative estimate of drug-likeness (QED) is 0.836. The zero-order chi connectivity index (χ0) is 17.2. The van der Waals surface area contributed by atoms with Crippen molar-refractivity contribution in [3.05, 3.63) is 29.3 Å². The van der Waals surface area contributed by atoms with E-state index in [9.17, 15) is 4.79 Å². The number of aromatic nitrogens is 1. The van der Waals surface area contributed by atoms with Gasteiger partial charge < -0.3 is 4.90 Å². The molecule has 25 heavy (non-hydrogen) atoms. The smallest absolute Gasteiger partial charge is 0.236 e. The molecule has 4 nitrogen and oxygen atoms in total. The Hall–Kier alpha value is -1.46. The molecule has 2 saturated heterocycles. The van der Waals surface area contributed by atoms with Gasteiger partial charge in [-0.2, -0.15) is 0 Å². The first-order chi connectivity index (χ1) is 12.2. The van der Waals surface area contributed by atoms with Gasteiger partial charge in [-0.1, -0.05) is 18.6 Å². The second kappa shape index (κ2) is 7.42. The number of hydrogen-bond donors (Lipinski definition) is 0. The molecule has 4 rings (SSSR count). The van der Waals surface area contributed by atoms with Crippen LogP contribution in [-0.2, 0) is 4.79 Å². The Kier molecular flexibility index (Phi) is 5.04. The van der Waals surface area contributed by atoms with E-state index in [1.165, 1.54) is 29.0 Å². The fourth-order valence-electron chi connectivity index (χ4n) is 4.14. The highest BCUT2D eigenvalue weighted by Crippen LogP contribution is 2.33. The summed E-state index contributed by atoms with van der Waals surface area (Å²) in [6.07, 6.45) is 5.98. The van der Waals surface area contributed by atoms with Crippen molar-refractivity contribution in [2.24, 2.45) is 0 Å². The Bertz CT molecular complexity index is 710. The van der Waals surface area contributed by atoms with Crippen LogP contribution in [0.25, 0.3) is 10.2 Å². The summed E-state index contributed by atoms with van der Waals surface area (Å²) in [6, 6.07) is 8.88. The van der Waals surface area contributed by atoms with Crippen molar-refractivity contribution in [3.63, 3.8) is 0 Å². The lowest BCUT2D eigenvalue weighted by Crippen LogP contribution is -2.48. The van der Waals surface area contributed by atoms with Crippen molar-refractivity contribution < 1.29 is 4.79 Å². The summed E-state index contributed by atoms with van der Waals surface area (Å²) in [5, 5.41) is 1.20. The lowest BCUT2D eigenvalue weighted by atomic mass is 9.98. The van der Waals surface area contributed by atoms with E-state index in [2.05, 4.69) is 34.9 Å². The van der Waals surface area contributed by atoms with Crippen LogP contribution < -0.4 is 0 Å². The van der Waals surface area contributed by atoms with Crippen LogP contribution in [0.2, 0.25) is 0 Å². The minimum absolute atomic E-state index is 0.305. The minimum Gasteiger partial charge on any atom is -0.341 e. The van der Waals surface area contributed by atoms with Crippen molar-refractivity contribution in [3.8, 4) is 0 Å². The van der Waals surface area contributed by atoms with Gasteiger partial charge in [-0.3, -0.25) is 9.69 Å². The molecule has 1 aromatic carbocycles. The molecule has 2 aromatic rings. The van der Waals surface area contributed by atoms with Gasteiger partial charge in [0.2, 0.25) is 5.91 Å². The molecule has 0 saturated carbocycles. The molecule has 2 aliphatic rings. The Labute approximate surface area is 153 Å². The molecular formula is C20H27N3OS. The number of piperidine rings is 2. The number of carbonyl (C=O) groups is 1. The van der Waals surface area contributed by atoms with E-state index in [0.717, 1.165) is 38.0 Å². The molecule has 0 unspecified atom stereocenters. The van der Waals surface area contributed by atoms with E-state index in [1.807, 2.05) is 6.07 Å². The number of para-hydroxylation sites is 1. The highest BCUT2D eigenvalue weighted by molar-refractivity contribution is 7.18. The van der Waals surface area contributed by atoms with Gasteiger partial charge in [0.1, 0.15) is 0 Å². The molecule has 3 heterocycles. The lowest BCUT2D eigenvalue weighted by molar-refractivity contribution is -0.134. The molecular weight excluding hydrogens is 330 g/mol. The van der Waals surface area contributed by atoms with Gasteiger partial charge in [-0.15, -0.1) is 11.3 Å².